The van der Waals surface area contributed by atoms with Crippen molar-refractivity contribution in [3.8, 4) is 0 Å². The Kier molecular flexibility index (Phi) is 57.6. The van der Waals surface area contributed by atoms with Gasteiger partial charge < -0.3 is 17.2 Å². The SMILES string of the molecule is CCCCCCCC/C=C\CCCCCCCC(=O)CC(C)C(=O)CCCCCCC/C=C\CCCCCCCC.CN.CN.CN. The number of hydrogen-bond donors (Lipinski definition) is 3. The van der Waals surface area contributed by atoms with Crippen LogP contribution in [0.3, 0.4) is 0 Å². The van der Waals surface area contributed by atoms with E-state index in [1.165, 1.54) is 162 Å². The van der Waals surface area contributed by atoms with Gasteiger partial charge in [-0.3, -0.25) is 9.59 Å². The van der Waals surface area contributed by atoms with E-state index >= 15 is 0 Å². The van der Waals surface area contributed by atoms with E-state index in [1.807, 2.05) is 6.92 Å². The quantitative estimate of drug-likeness (QED) is 0.0477. The van der Waals surface area contributed by atoms with E-state index in [0.717, 1.165) is 25.7 Å². The molecule has 0 spiro atoms. The van der Waals surface area contributed by atoms with Gasteiger partial charge in [-0.25, -0.2) is 0 Å². The van der Waals surface area contributed by atoms with Crippen LogP contribution in [0.1, 0.15) is 207 Å². The summed E-state index contributed by atoms with van der Waals surface area (Å²) in [5, 5.41) is 0. The van der Waals surface area contributed by atoms with Crippen molar-refractivity contribution in [1.82, 2.24) is 0 Å². The first-order chi connectivity index (χ1) is 23.1. The van der Waals surface area contributed by atoms with Crippen molar-refractivity contribution in [2.24, 2.45) is 23.1 Å². The lowest BCUT2D eigenvalue weighted by molar-refractivity contribution is -0.127. The highest BCUT2D eigenvalue weighted by molar-refractivity contribution is 5.87. The number of carbonyl (C=O) groups is 2. The summed E-state index contributed by atoms with van der Waals surface area (Å²) < 4.78 is 0. The molecule has 1 unspecified atom stereocenters. The first kappa shape index (κ1) is 52.5. The monoisotopic (exact) mass is 666 g/mol. The van der Waals surface area contributed by atoms with E-state index in [2.05, 4.69) is 55.4 Å². The molecular formula is C42H87N3O2. The fraction of sp³-hybridized carbons (Fsp3) is 0.857. The average Bonchev–Trinajstić information content (AvgIpc) is 3.10. The molecule has 5 heteroatoms. The van der Waals surface area contributed by atoms with Crippen molar-refractivity contribution in [2.75, 3.05) is 21.1 Å². The minimum atomic E-state index is -0.0950. The molecule has 0 rings (SSSR count). The second-order valence-electron chi connectivity index (χ2n) is 12.8. The number of allylic oxidation sites excluding steroid dienone is 4. The fourth-order valence-corrected chi connectivity index (χ4v) is 5.57. The molecule has 0 aromatic heterocycles. The van der Waals surface area contributed by atoms with Gasteiger partial charge in [-0.1, -0.05) is 148 Å². The summed E-state index contributed by atoms with van der Waals surface area (Å²) in [7, 11) is 4.50. The Morgan fingerprint density at radius 2 is 0.702 bits per heavy atom. The zero-order valence-corrected chi connectivity index (χ0v) is 32.9. The molecule has 0 aromatic rings. The Hall–Kier alpha value is -1.30. The third-order valence-corrected chi connectivity index (χ3v) is 8.49. The van der Waals surface area contributed by atoms with Crippen LogP contribution in [0.2, 0.25) is 0 Å². The van der Waals surface area contributed by atoms with Crippen molar-refractivity contribution >= 4 is 11.6 Å². The van der Waals surface area contributed by atoms with Crippen molar-refractivity contribution in [1.29, 1.82) is 0 Å². The van der Waals surface area contributed by atoms with Gasteiger partial charge in [0.1, 0.15) is 11.6 Å². The van der Waals surface area contributed by atoms with Crippen LogP contribution in [0.15, 0.2) is 24.3 Å². The van der Waals surface area contributed by atoms with Gasteiger partial charge in [0.05, 0.1) is 0 Å². The van der Waals surface area contributed by atoms with Crippen molar-refractivity contribution in [3.05, 3.63) is 24.3 Å². The minimum absolute atomic E-state index is 0.0950. The molecule has 0 bridgehead atoms. The molecule has 0 saturated carbocycles. The third kappa shape index (κ3) is 49.2. The number of ketones is 2. The predicted molar refractivity (Wildman–Crippen MR) is 213 cm³/mol. The number of nitrogens with two attached hydrogens (primary N) is 3. The van der Waals surface area contributed by atoms with Crippen LogP contribution in [-0.2, 0) is 9.59 Å². The Bertz CT molecular complexity index is 633. The summed E-state index contributed by atoms with van der Waals surface area (Å²) in [6.07, 6.45) is 44.4. The number of hydrogen-bond acceptors (Lipinski definition) is 5. The molecule has 5 nitrogen and oxygen atoms in total. The van der Waals surface area contributed by atoms with Crippen molar-refractivity contribution in [2.45, 2.75) is 207 Å². The highest BCUT2D eigenvalue weighted by Crippen LogP contribution is 2.16. The van der Waals surface area contributed by atoms with Crippen LogP contribution in [-0.4, -0.2) is 32.7 Å². The molecule has 0 radical (unpaired) electrons. The molecule has 47 heavy (non-hydrogen) atoms. The average molecular weight is 666 g/mol. The van der Waals surface area contributed by atoms with Gasteiger partial charge in [-0.05, 0) is 85.4 Å². The maximum Gasteiger partial charge on any atom is 0.136 e. The second-order valence-corrected chi connectivity index (χ2v) is 12.8. The van der Waals surface area contributed by atoms with E-state index in [4.69, 9.17) is 0 Å². The topological polar surface area (TPSA) is 112 Å². The number of unbranched alkanes of at least 4 members (excludes halogenated alkanes) is 22. The lowest BCUT2D eigenvalue weighted by Gasteiger charge is -2.10. The first-order valence-corrected chi connectivity index (χ1v) is 20.2. The first-order valence-electron chi connectivity index (χ1n) is 20.2. The summed E-state index contributed by atoms with van der Waals surface area (Å²) in [6, 6.07) is 0. The van der Waals surface area contributed by atoms with E-state index in [-0.39, 0.29) is 11.7 Å². The summed E-state index contributed by atoms with van der Waals surface area (Å²) >= 11 is 0. The van der Waals surface area contributed by atoms with Gasteiger partial charge in [0.2, 0.25) is 0 Å². The molecule has 0 aliphatic rings. The predicted octanol–water partition coefficient (Wildman–Crippen LogP) is 12.0. The number of Topliss-reactive ketones (excluding diaryl/α,β-unsaturated/α-hetero) is 2. The molecule has 0 saturated heterocycles. The second kappa shape index (κ2) is 51.5. The molecule has 6 N–H and O–H groups in total. The van der Waals surface area contributed by atoms with Crippen LogP contribution in [0, 0.1) is 5.92 Å². The number of rotatable bonds is 33. The molecule has 0 aliphatic carbocycles. The maximum absolute atomic E-state index is 12.5. The smallest absolute Gasteiger partial charge is 0.136 e. The highest BCUT2D eigenvalue weighted by atomic mass is 16.1. The Balaban J connectivity index is -0.00000145. The summed E-state index contributed by atoms with van der Waals surface area (Å²) in [4.78, 5) is 24.8. The lowest BCUT2D eigenvalue weighted by Crippen LogP contribution is -2.15. The van der Waals surface area contributed by atoms with Crippen LogP contribution in [0.5, 0.6) is 0 Å². The van der Waals surface area contributed by atoms with Crippen LogP contribution in [0.4, 0.5) is 0 Å². The summed E-state index contributed by atoms with van der Waals surface area (Å²) in [5.74, 6) is 0.482. The molecule has 0 fully saturated rings. The molecule has 0 aromatic carbocycles. The Morgan fingerprint density at radius 1 is 0.426 bits per heavy atom. The van der Waals surface area contributed by atoms with Crippen molar-refractivity contribution < 1.29 is 9.59 Å². The van der Waals surface area contributed by atoms with E-state index < -0.39 is 0 Å². The van der Waals surface area contributed by atoms with Gasteiger partial charge in [0.25, 0.3) is 0 Å². The minimum Gasteiger partial charge on any atom is -0.333 e. The number of carbonyl (C=O) groups excluding carboxylic acids is 2. The fourth-order valence-electron chi connectivity index (χ4n) is 5.57. The molecular weight excluding hydrogens is 578 g/mol. The summed E-state index contributed by atoms with van der Waals surface area (Å²) in [6.45, 7) is 6.50. The van der Waals surface area contributed by atoms with E-state index in [9.17, 15) is 9.59 Å². The zero-order valence-electron chi connectivity index (χ0n) is 32.9. The van der Waals surface area contributed by atoms with Crippen molar-refractivity contribution in [3.63, 3.8) is 0 Å². The molecule has 0 heterocycles. The highest BCUT2D eigenvalue weighted by Gasteiger charge is 2.16. The van der Waals surface area contributed by atoms with E-state index in [0.29, 0.717) is 25.0 Å². The van der Waals surface area contributed by atoms with Crippen LogP contribution in [0.25, 0.3) is 0 Å². The largest absolute Gasteiger partial charge is 0.333 e. The van der Waals surface area contributed by atoms with Gasteiger partial charge in [0.15, 0.2) is 0 Å². The van der Waals surface area contributed by atoms with E-state index in [1.54, 1.807) is 0 Å². The van der Waals surface area contributed by atoms with Gasteiger partial charge in [-0.15, -0.1) is 0 Å². The molecule has 0 amide bonds. The summed E-state index contributed by atoms with van der Waals surface area (Å²) in [5.41, 5.74) is 13.5. The Morgan fingerprint density at radius 3 is 1.04 bits per heavy atom. The van der Waals surface area contributed by atoms with Gasteiger partial charge in [-0.2, -0.15) is 0 Å². The maximum atomic E-state index is 12.5. The zero-order chi connectivity index (χ0) is 36.1. The standard InChI is InChI=1S/C39H72O2.3CH5N/c1-4-6-8-10-12-14-16-18-20-22-24-26-28-30-32-34-38(40)36-37(3)39(41)35-33-31-29-27-25-23-21-19-17-15-13-11-9-7-5-2;3*1-2/h18-21,37H,4-17,22-36H2,1-3H3;3*2H2,1H3/b20-18-,21-19-;;;. The van der Waals surface area contributed by atoms with Crippen LogP contribution >= 0.6 is 0 Å². The molecule has 282 valence electrons. The Labute approximate surface area is 296 Å². The normalized spacial score (nSPS) is 11.3. The third-order valence-electron chi connectivity index (χ3n) is 8.49. The van der Waals surface area contributed by atoms with Gasteiger partial charge >= 0.3 is 0 Å². The lowest BCUT2D eigenvalue weighted by atomic mass is 9.94. The van der Waals surface area contributed by atoms with Gasteiger partial charge in [0, 0.05) is 25.2 Å². The van der Waals surface area contributed by atoms with Crippen LogP contribution < -0.4 is 17.2 Å². The molecule has 0 aliphatic heterocycles. The molecule has 1 atom stereocenters.